The monoisotopic (exact) mass is 340 g/mol. The summed E-state index contributed by atoms with van der Waals surface area (Å²) >= 11 is 3.28. The van der Waals surface area contributed by atoms with E-state index in [1.807, 2.05) is 12.1 Å². The van der Waals surface area contributed by atoms with Crippen LogP contribution in [0.4, 0.5) is 0 Å². The van der Waals surface area contributed by atoms with Crippen molar-refractivity contribution in [1.82, 2.24) is 0 Å². The quantitative estimate of drug-likeness (QED) is 0.464. The molecule has 0 amide bonds. The molecule has 0 saturated heterocycles. The van der Waals surface area contributed by atoms with Crippen LogP contribution in [-0.4, -0.2) is 46.4 Å². The Kier molecular flexibility index (Phi) is 7.76. The highest BCUT2D eigenvalue weighted by molar-refractivity contribution is 7.22. The predicted octanol–water partition coefficient (Wildman–Crippen LogP) is 3.51. The van der Waals surface area contributed by atoms with E-state index in [0.29, 0.717) is 33.0 Å². The highest BCUT2D eigenvalue weighted by Gasteiger charge is 2.06. The SMILES string of the molecule is COCCOCCOCCc1ccc(-c2ccc(C=O)s2)s1. The van der Waals surface area contributed by atoms with Gasteiger partial charge in [0.25, 0.3) is 0 Å². The largest absolute Gasteiger partial charge is 0.382 e. The van der Waals surface area contributed by atoms with Crippen LogP contribution in [0, 0.1) is 0 Å². The lowest BCUT2D eigenvalue weighted by Crippen LogP contribution is -2.09. The molecule has 0 saturated carbocycles. The molecule has 0 N–H and O–H groups in total. The number of hydrogen-bond donors (Lipinski definition) is 0. The molecule has 2 aromatic rings. The average molecular weight is 340 g/mol. The Morgan fingerprint density at radius 1 is 0.909 bits per heavy atom. The van der Waals surface area contributed by atoms with Crippen LogP contribution in [-0.2, 0) is 20.6 Å². The van der Waals surface area contributed by atoms with Crippen molar-refractivity contribution in [1.29, 1.82) is 0 Å². The Hall–Kier alpha value is -1.05. The van der Waals surface area contributed by atoms with Crippen molar-refractivity contribution in [2.75, 3.05) is 40.1 Å². The molecular weight excluding hydrogens is 320 g/mol. The molecule has 2 heterocycles. The van der Waals surface area contributed by atoms with E-state index in [0.717, 1.165) is 22.5 Å². The Morgan fingerprint density at radius 2 is 1.59 bits per heavy atom. The molecule has 0 aliphatic rings. The van der Waals surface area contributed by atoms with Crippen molar-refractivity contribution < 1.29 is 19.0 Å². The first-order valence-electron chi connectivity index (χ1n) is 7.12. The summed E-state index contributed by atoms with van der Waals surface area (Å²) in [7, 11) is 1.66. The number of carbonyl (C=O) groups excluding carboxylic acids is 1. The molecule has 22 heavy (non-hydrogen) atoms. The maximum absolute atomic E-state index is 10.7. The minimum Gasteiger partial charge on any atom is -0.382 e. The smallest absolute Gasteiger partial charge is 0.160 e. The van der Waals surface area contributed by atoms with Gasteiger partial charge in [-0.25, -0.2) is 0 Å². The lowest BCUT2D eigenvalue weighted by Gasteiger charge is -2.04. The third-order valence-corrected chi connectivity index (χ3v) is 5.30. The van der Waals surface area contributed by atoms with Crippen molar-refractivity contribution >= 4 is 29.0 Å². The van der Waals surface area contributed by atoms with Crippen molar-refractivity contribution in [2.45, 2.75) is 6.42 Å². The Labute approximate surface area is 138 Å². The molecule has 120 valence electrons. The molecule has 0 spiro atoms. The molecule has 6 heteroatoms. The van der Waals surface area contributed by atoms with Gasteiger partial charge in [0, 0.05) is 28.2 Å². The molecule has 0 aliphatic carbocycles. The lowest BCUT2D eigenvalue weighted by atomic mass is 10.3. The van der Waals surface area contributed by atoms with Gasteiger partial charge >= 0.3 is 0 Å². The van der Waals surface area contributed by atoms with Crippen LogP contribution in [0.3, 0.4) is 0 Å². The van der Waals surface area contributed by atoms with Gasteiger partial charge in [0.05, 0.1) is 37.9 Å². The van der Waals surface area contributed by atoms with Crippen LogP contribution in [0.5, 0.6) is 0 Å². The van der Waals surface area contributed by atoms with E-state index in [1.165, 1.54) is 21.1 Å². The first-order chi connectivity index (χ1) is 10.8. The maximum Gasteiger partial charge on any atom is 0.160 e. The molecule has 0 fully saturated rings. The Morgan fingerprint density at radius 3 is 2.32 bits per heavy atom. The van der Waals surface area contributed by atoms with Gasteiger partial charge in [0.2, 0.25) is 0 Å². The molecule has 0 aliphatic heterocycles. The number of carbonyl (C=O) groups is 1. The van der Waals surface area contributed by atoms with Crippen LogP contribution in [0.1, 0.15) is 14.5 Å². The van der Waals surface area contributed by atoms with E-state index in [4.69, 9.17) is 14.2 Å². The summed E-state index contributed by atoms with van der Waals surface area (Å²) in [5, 5.41) is 0. The van der Waals surface area contributed by atoms with Gasteiger partial charge in [0.15, 0.2) is 6.29 Å². The molecule has 0 radical (unpaired) electrons. The minimum absolute atomic E-state index is 0.600. The molecule has 2 aromatic heterocycles. The average Bonchev–Trinajstić information content (AvgIpc) is 3.18. The Balaban J connectivity index is 1.66. The van der Waals surface area contributed by atoms with Gasteiger partial charge < -0.3 is 14.2 Å². The first kappa shape index (κ1) is 17.3. The zero-order chi connectivity index (χ0) is 15.6. The van der Waals surface area contributed by atoms with Gasteiger partial charge in [0.1, 0.15) is 0 Å². The molecular formula is C16H20O4S2. The normalized spacial score (nSPS) is 11.0. The third kappa shape index (κ3) is 5.62. The van der Waals surface area contributed by atoms with E-state index in [9.17, 15) is 4.79 Å². The summed E-state index contributed by atoms with van der Waals surface area (Å²) in [6.45, 7) is 3.13. The summed E-state index contributed by atoms with van der Waals surface area (Å²) in [6, 6.07) is 8.09. The first-order valence-corrected chi connectivity index (χ1v) is 8.75. The lowest BCUT2D eigenvalue weighted by molar-refractivity contribution is 0.0257. The Bertz CT molecular complexity index is 562. The second kappa shape index (κ2) is 9.86. The maximum atomic E-state index is 10.7. The number of hydrogen-bond acceptors (Lipinski definition) is 6. The molecule has 4 nitrogen and oxygen atoms in total. The van der Waals surface area contributed by atoms with Crippen LogP contribution in [0.2, 0.25) is 0 Å². The zero-order valence-electron chi connectivity index (χ0n) is 12.6. The third-order valence-electron chi connectivity index (χ3n) is 2.94. The molecule has 0 unspecified atom stereocenters. The van der Waals surface area contributed by atoms with Crippen molar-refractivity contribution in [3.63, 3.8) is 0 Å². The summed E-state index contributed by atoms with van der Waals surface area (Å²) in [5.74, 6) is 0. The van der Waals surface area contributed by atoms with E-state index < -0.39 is 0 Å². The predicted molar refractivity (Wildman–Crippen MR) is 90.2 cm³/mol. The fraction of sp³-hybridized carbons (Fsp3) is 0.438. The summed E-state index contributed by atoms with van der Waals surface area (Å²) < 4.78 is 15.8. The number of methoxy groups -OCH3 is 1. The number of thiophene rings is 2. The van der Waals surface area contributed by atoms with E-state index in [1.54, 1.807) is 18.4 Å². The van der Waals surface area contributed by atoms with E-state index in [-0.39, 0.29) is 0 Å². The summed E-state index contributed by atoms with van der Waals surface area (Å²) in [5.41, 5.74) is 0. The molecule has 0 atom stereocenters. The van der Waals surface area contributed by atoms with E-state index >= 15 is 0 Å². The zero-order valence-corrected chi connectivity index (χ0v) is 14.2. The fourth-order valence-corrected chi connectivity index (χ4v) is 3.73. The number of ether oxygens (including phenoxy) is 3. The molecule has 0 bridgehead atoms. The highest BCUT2D eigenvalue weighted by atomic mass is 32.1. The standard InChI is InChI=1S/C16H20O4S2/c1-18-8-9-20-11-10-19-7-6-13-2-4-15(21-13)16-5-3-14(12-17)22-16/h2-5,12H,6-11H2,1H3. The number of rotatable bonds is 11. The molecule has 0 aromatic carbocycles. The van der Waals surface area contributed by atoms with Gasteiger partial charge in [-0.15, -0.1) is 22.7 Å². The van der Waals surface area contributed by atoms with Crippen molar-refractivity contribution in [3.8, 4) is 9.75 Å². The van der Waals surface area contributed by atoms with Gasteiger partial charge in [-0.1, -0.05) is 0 Å². The molecule has 2 rings (SSSR count). The van der Waals surface area contributed by atoms with Crippen LogP contribution in [0.15, 0.2) is 24.3 Å². The van der Waals surface area contributed by atoms with Crippen molar-refractivity contribution in [2.24, 2.45) is 0 Å². The van der Waals surface area contributed by atoms with Crippen LogP contribution < -0.4 is 0 Å². The van der Waals surface area contributed by atoms with Crippen LogP contribution >= 0.6 is 22.7 Å². The summed E-state index contributed by atoms with van der Waals surface area (Å²) in [4.78, 5) is 15.1. The second-order valence-electron chi connectivity index (χ2n) is 4.55. The van der Waals surface area contributed by atoms with Crippen LogP contribution in [0.25, 0.3) is 9.75 Å². The fourth-order valence-electron chi connectivity index (χ4n) is 1.83. The van der Waals surface area contributed by atoms with E-state index in [2.05, 4.69) is 12.1 Å². The van der Waals surface area contributed by atoms with Crippen molar-refractivity contribution in [3.05, 3.63) is 34.0 Å². The topological polar surface area (TPSA) is 44.8 Å². The number of aldehydes is 1. The highest BCUT2D eigenvalue weighted by Crippen LogP contribution is 2.33. The minimum atomic E-state index is 0.600. The van der Waals surface area contributed by atoms with Gasteiger partial charge in [-0.2, -0.15) is 0 Å². The summed E-state index contributed by atoms with van der Waals surface area (Å²) in [6.07, 6.45) is 1.79. The van der Waals surface area contributed by atoms with Gasteiger partial charge in [-0.3, -0.25) is 4.79 Å². The second-order valence-corrected chi connectivity index (χ2v) is 6.84. The van der Waals surface area contributed by atoms with Gasteiger partial charge in [-0.05, 0) is 24.3 Å².